The number of urea groups is 1. The van der Waals surface area contributed by atoms with Crippen LogP contribution in [-0.2, 0) is 11.3 Å². The fourth-order valence-corrected chi connectivity index (χ4v) is 4.78. The number of nitrogens with zero attached hydrogens (tertiary/aromatic N) is 4. The van der Waals surface area contributed by atoms with Gasteiger partial charge in [0, 0.05) is 37.9 Å². The number of aliphatic hydroxyl groups excluding tert-OH is 1. The number of hydrogen-bond acceptors (Lipinski definition) is 5. The number of nitrogens with one attached hydrogen (secondary N) is 1. The molecule has 1 aromatic heterocycles. The first-order chi connectivity index (χ1) is 13.6. The van der Waals surface area contributed by atoms with E-state index in [9.17, 15) is 9.90 Å². The van der Waals surface area contributed by atoms with Gasteiger partial charge >= 0.3 is 6.03 Å². The number of aromatic nitrogens is 2. The largest absolute Gasteiger partial charge is 0.391 e. The Kier molecular flexibility index (Phi) is 6.18. The molecule has 156 valence electrons. The molecule has 8 heteroatoms. The molecule has 8 nitrogen and oxygen atoms in total. The van der Waals surface area contributed by atoms with Gasteiger partial charge in [0.1, 0.15) is 0 Å². The molecule has 3 aliphatic rings. The Labute approximate surface area is 166 Å². The summed E-state index contributed by atoms with van der Waals surface area (Å²) in [6, 6.07) is 0.559. The highest BCUT2D eigenvalue weighted by Crippen LogP contribution is 2.26. The van der Waals surface area contributed by atoms with Crippen LogP contribution in [0.4, 0.5) is 4.79 Å². The maximum atomic E-state index is 12.7. The summed E-state index contributed by atoms with van der Waals surface area (Å²) in [6.45, 7) is 6.39. The smallest absolute Gasteiger partial charge is 0.317 e. The van der Waals surface area contributed by atoms with E-state index in [0.717, 1.165) is 50.8 Å². The predicted molar refractivity (Wildman–Crippen MR) is 105 cm³/mol. The van der Waals surface area contributed by atoms with E-state index in [-0.39, 0.29) is 24.3 Å². The Balaban J connectivity index is 1.22. The number of ether oxygens (including phenoxy) is 1. The molecular formula is C20H33N5O3. The molecule has 0 radical (unpaired) electrons. The highest BCUT2D eigenvalue weighted by Gasteiger charge is 2.34. The van der Waals surface area contributed by atoms with E-state index in [0.29, 0.717) is 32.3 Å². The summed E-state index contributed by atoms with van der Waals surface area (Å²) in [4.78, 5) is 17.0. The SMILES string of the molecule is Cc1cnn(CC2CN(C(=O)NC3CCN(C4CCCC4O)CC3)CCO2)c1. The standard InChI is InChI=1S/C20H33N5O3/c1-15-11-21-25(12-15)14-17-13-24(9-10-28-17)20(27)22-16-5-7-23(8-6-16)18-3-2-4-19(18)26/h11-12,16-19,26H,2-10,13-14H2,1H3,(H,22,27). The molecule has 2 N–H and O–H groups in total. The topological polar surface area (TPSA) is 82.9 Å². The van der Waals surface area contributed by atoms with Gasteiger partial charge in [-0.1, -0.05) is 0 Å². The third-order valence-corrected chi connectivity index (χ3v) is 6.35. The number of carbonyl (C=O) groups excluding carboxylic acids is 1. The van der Waals surface area contributed by atoms with E-state index in [2.05, 4.69) is 15.3 Å². The Hall–Kier alpha value is -1.64. The van der Waals surface area contributed by atoms with Gasteiger partial charge in [-0.2, -0.15) is 5.10 Å². The van der Waals surface area contributed by atoms with Crippen LogP contribution in [0.5, 0.6) is 0 Å². The highest BCUT2D eigenvalue weighted by molar-refractivity contribution is 5.74. The van der Waals surface area contributed by atoms with E-state index in [1.165, 1.54) is 0 Å². The minimum absolute atomic E-state index is 0.0179. The first-order valence-electron chi connectivity index (χ1n) is 10.7. The van der Waals surface area contributed by atoms with Crippen molar-refractivity contribution in [3.63, 3.8) is 0 Å². The van der Waals surface area contributed by atoms with Crippen LogP contribution in [0.15, 0.2) is 12.4 Å². The van der Waals surface area contributed by atoms with Crippen LogP contribution in [0, 0.1) is 6.92 Å². The minimum atomic E-state index is -0.171. The molecule has 1 aromatic rings. The Morgan fingerprint density at radius 1 is 1.29 bits per heavy atom. The molecule has 3 heterocycles. The minimum Gasteiger partial charge on any atom is -0.391 e. The first-order valence-corrected chi connectivity index (χ1v) is 10.7. The number of aliphatic hydroxyl groups is 1. The first kappa shape index (κ1) is 19.7. The van der Waals surface area contributed by atoms with Gasteiger partial charge < -0.3 is 20.1 Å². The second-order valence-electron chi connectivity index (χ2n) is 8.50. The number of hydrogen-bond donors (Lipinski definition) is 2. The Morgan fingerprint density at radius 2 is 2.11 bits per heavy atom. The molecule has 0 aromatic carbocycles. The lowest BCUT2D eigenvalue weighted by Crippen LogP contribution is -2.55. The normalized spacial score (nSPS) is 29.9. The number of rotatable bonds is 4. The van der Waals surface area contributed by atoms with Crippen molar-refractivity contribution in [2.75, 3.05) is 32.8 Å². The van der Waals surface area contributed by atoms with Crippen LogP contribution in [0.25, 0.3) is 0 Å². The molecule has 0 bridgehead atoms. The van der Waals surface area contributed by atoms with Gasteiger partial charge in [0.15, 0.2) is 0 Å². The van der Waals surface area contributed by atoms with Crippen LogP contribution >= 0.6 is 0 Å². The molecule has 1 saturated carbocycles. The van der Waals surface area contributed by atoms with Crippen molar-refractivity contribution in [1.29, 1.82) is 0 Å². The summed E-state index contributed by atoms with van der Waals surface area (Å²) in [6.07, 6.45) is 8.70. The van der Waals surface area contributed by atoms with Gasteiger partial charge in [0.05, 0.1) is 38.1 Å². The Bertz CT molecular complexity index is 658. The summed E-state index contributed by atoms with van der Waals surface area (Å²) < 4.78 is 7.71. The number of carbonyl (C=O) groups is 1. The van der Waals surface area contributed by atoms with E-state index >= 15 is 0 Å². The third kappa shape index (κ3) is 4.67. The van der Waals surface area contributed by atoms with Crippen LogP contribution in [-0.4, -0.2) is 87.8 Å². The van der Waals surface area contributed by atoms with E-state index in [1.54, 1.807) is 0 Å². The number of aryl methyl sites for hydroxylation is 1. The summed E-state index contributed by atoms with van der Waals surface area (Å²) in [7, 11) is 0. The van der Waals surface area contributed by atoms with Crippen molar-refractivity contribution >= 4 is 6.03 Å². The van der Waals surface area contributed by atoms with Crippen molar-refractivity contribution in [3.8, 4) is 0 Å². The van der Waals surface area contributed by atoms with Crippen LogP contribution in [0.1, 0.15) is 37.7 Å². The summed E-state index contributed by atoms with van der Waals surface area (Å²) in [5.74, 6) is 0. The number of morpholine rings is 1. The van der Waals surface area contributed by atoms with E-state index in [1.807, 2.05) is 28.9 Å². The summed E-state index contributed by atoms with van der Waals surface area (Å²) >= 11 is 0. The summed E-state index contributed by atoms with van der Waals surface area (Å²) in [5.41, 5.74) is 1.13. The predicted octanol–water partition coefficient (Wildman–Crippen LogP) is 0.980. The van der Waals surface area contributed by atoms with Crippen molar-refractivity contribution in [1.82, 2.24) is 24.9 Å². The van der Waals surface area contributed by atoms with Crippen LogP contribution in [0.2, 0.25) is 0 Å². The third-order valence-electron chi connectivity index (χ3n) is 6.35. The van der Waals surface area contributed by atoms with Gasteiger partial charge in [0.25, 0.3) is 0 Å². The van der Waals surface area contributed by atoms with Gasteiger partial charge in [-0.3, -0.25) is 9.58 Å². The molecule has 2 aliphatic heterocycles. The molecule has 3 unspecified atom stereocenters. The Morgan fingerprint density at radius 3 is 2.79 bits per heavy atom. The molecule has 0 spiro atoms. The lowest BCUT2D eigenvalue weighted by Gasteiger charge is -2.39. The molecule has 4 rings (SSSR count). The molecular weight excluding hydrogens is 358 g/mol. The number of likely N-dealkylation sites (tertiary alicyclic amines) is 1. The van der Waals surface area contributed by atoms with Crippen molar-refractivity contribution in [2.45, 2.75) is 69.9 Å². The number of piperidine rings is 1. The lowest BCUT2D eigenvalue weighted by atomic mass is 10.0. The maximum absolute atomic E-state index is 12.7. The zero-order valence-corrected chi connectivity index (χ0v) is 16.8. The van der Waals surface area contributed by atoms with Crippen molar-refractivity contribution in [2.24, 2.45) is 0 Å². The van der Waals surface area contributed by atoms with Crippen molar-refractivity contribution in [3.05, 3.63) is 18.0 Å². The average molecular weight is 392 g/mol. The number of amides is 2. The van der Waals surface area contributed by atoms with Crippen LogP contribution < -0.4 is 5.32 Å². The monoisotopic (exact) mass is 391 g/mol. The fraction of sp³-hybridized carbons (Fsp3) is 0.800. The molecule has 3 fully saturated rings. The van der Waals surface area contributed by atoms with Gasteiger partial charge in [-0.25, -0.2) is 4.79 Å². The highest BCUT2D eigenvalue weighted by atomic mass is 16.5. The molecule has 3 atom stereocenters. The molecule has 1 aliphatic carbocycles. The van der Waals surface area contributed by atoms with Gasteiger partial charge in [-0.05, 0) is 44.6 Å². The van der Waals surface area contributed by atoms with E-state index < -0.39 is 0 Å². The lowest BCUT2D eigenvalue weighted by molar-refractivity contribution is -0.0244. The van der Waals surface area contributed by atoms with E-state index in [4.69, 9.17) is 4.74 Å². The van der Waals surface area contributed by atoms with Gasteiger partial charge in [-0.15, -0.1) is 0 Å². The fourth-order valence-electron chi connectivity index (χ4n) is 4.78. The maximum Gasteiger partial charge on any atom is 0.317 e. The second kappa shape index (κ2) is 8.80. The molecule has 28 heavy (non-hydrogen) atoms. The molecule has 2 saturated heterocycles. The second-order valence-corrected chi connectivity index (χ2v) is 8.50. The average Bonchev–Trinajstić information content (AvgIpc) is 3.30. The summed E-state index contributed by atoms with van der Waals surface area (Å²) in [5, 5.41) is 17.7. The van der Waals surface area contributed by atoms with Crippen LogP contribution in [0.3, 0.4) is 0 Å². The zero-order valence-electron chi connectivity index (χ0n) is 16.8. The van der Waals surface area contributed by atoms with Crippen molar-refractivity contribution < 1.29 is 14.6 Å². The quantitative estimate of drug-likeness (QED) is 0.800. The molecule has 2 amide bonds. The van der Waals surface area contributed by atoms with Gasteiger partial charge in [0.2, 0.25) is 0 Å². The zero-order chi connectivity index (χ0) is 19.5.